The number of carbonyl (C=O) groups is 2. The molecular formula is C22H35FN4O2+2. The first-order valence-electron chi connectivity index (χ1n) is 10.9. The van der Waals surface area contributed by atoms with E-state index in [2.05, 4.69) is 31.0 Å². The minimum Gasteiger partial charge on any atom is -0.332 e. The van der Waals surface area contributed by atoms with Gasteiger partial charge in [0.15, 0.2) is 12.6 Å². The summed E-state index contributed by atoms with van der Waals surface area (Å²) in [6.45, 7) is 10.3. The number of halogens is 1. The number of rotatable bonds is 5. The fourth-order valence-electron chi connectivity index (χ4n) is 4.75. The number of piperazine rings is 1. The van der Waals surface area contributed by atoms with E-state index in [1.807, 2.05) is 0 Å². The first-order chi connectivity index (χ1) is 13.8. The Kier molecular flexibility index (Phi) is 7.24. The van der Waals surface area contributed by atoms with E-state index in [9.17, 15) is 14.0 Å². The molecule has 3 rings (SSSR count). The third-order valence-corrected chi connectivity index (χ3v) is 6.57. The van der Waals surface area contributed by atoms with E-state index in [1.165, 1.54) is 28.4 Å². The van der Waals surface area contributed by atoms with E-state index in [1.54, 1.807) is 12.1 Å². The summed E-state index contributed by atoms with van der Waals surface area (Å²) >= 11 is 0. The highest BCUT2D eigenvalue weighted by Gasteiger charge is 2.38. The van der Waals surface area contributed by atoms with Crippen LogP contribution in [0.1, 0.15) is 40.0 Å². The molecule has 0 aromatic heterocycles. The molecule has 0 bridgehead atoms. The Morgan fingerprint density at radius 2 is 1.69 bits per heavy atom. The van der Waals surface area contributed by atoms with Gasteiger partial charge in [-0.25, -0.2) is 4.39 Å². The standard InChI is InChI=1S/C22H33FN4O2/c1-16-5-4-6-17(2)27(16)22(29)18(3)26-13-11-25(12-14-26)15-21(28)24-20-9-7-19(23)8-10-20/h7-10,16-18H,4-6,11-15H2,1-3H3,(H,24,28)/p+2/t16-,17-,18+/m0/s1. The predicted molar refractivity (Wildman–Crippen MR) is 110 cm³/mol. The highest BCUT2D eigenvalue weighted by molar-refractivity contribution is 5.91. The lowest BCUT2D eigenvalue weighted by molar-refractivity contribution is -1.02. The van der Waals surface area contributed by atoms with Gasteiger partial charge in [0, 0.05) is 17.8 Å². The van der Waals surface area contributed by atoms with Gasteiger partial charge in [-0.05, 0) is 64.3 Å². The van der Waals surface area contributed by atoms with Crippen molar-refractivity contribution in [3.05, 3.63) is 30.1 Å². The molecule has 1 aromatic carbocycles. The van der Waals surface area contributed by atoms with Gasteiger partial charge in [-0.15, -0.1) is 0 Å². The van der Waals surface area contributed by atoms with E-state index in [0.717, 1.165) is 39.0 Å². The van der Waals surface area contributed by atoms with Gasteiger partial charge < -0.3 is 20.0 Å². The number of amides is 2. The Morgan fingerprint density at radius 3 is 2.28 bits per heavy atom. The molecule has 0 spiro atoms. The van der Waals surface area contributed by atoms with Crippen LogP contribution in [0.2, 0.25) is 0 Å². The van der Waals surface area contributed by atoms with Crippen LogP contribution in [0.5, 0.6) is 0 Å². The van der Waals surface area contributed by atoms with Gasteiger partial charge in [0.1, 0.15) is 32.0 Å². The minimum absolute atomic E-state index is 0.0346. The van der Waals surface area contributed by atoms with Crippen molar-refractivity contribution < 1.29 is 23.8 Å². The van der Waals surface area contributed by atoms with Crippen molar-refractivity contribution in [2.45, 2.75) is 58.2 Å². The van der Waals surface area contributed by atoms with Crippen molar-refractivity contribution in [3.63, 3.8) is 0 Å². The zero-order chi connectivity index (χ0) is 21.0. The molecule has 2 saturated heterocycles. The highest BCUT2D eigenvalue weighted by atomic mass is 19.1. The Hall–Kier alpha value is -1.99. The van der Waals surface area contributed by atoms with Crippen molar-refractivity contribution in [2.75, 3.05) is 38.0 Å². The molecule has 0 unspecified atom stereocenters. The average Bonchev–Trinajstić information content (AvgIpc) is 2.69. The summed E-state index contributed by atoms with van der Waals surface area (Å²) < 4.78 is 13.0. The Balaban J connectivity index is 1.46. The third kappa shape index (κ3) is 5.54. The molecule has 2 aliphatic rings. The maximum atomic E-state index is 13.1. The van der Waals surface area contributed by atoms with Gasteiger partial charge in [0.05, 0.1) is 0 Å². The zero-order valence-electron chi connectivity index (χ0n) is 17.8. The number of hydrogen-bond acceptors (Lipinski definition) is 2. The lowest BCUT2D eigenvalue weighted by Gasteiger charge is -2.42. The molecular weight excluding hydrogens is 371 g/mol. The minimum atomic E-state index is -0.315. The molecule has 0 aliphatic carbocycles. The van der Waals surface area contributed by atoms with E-state index in [-0.39, 0.29) is 23.7 Å². The highest BCUT2D eigenvalue weighted by Crippen LogP contribution is 2.22. The summed E-state index contributed by atoms with van der Waals surface area (Å²) in [4.78, 5) is 30.0. The number of likely N-dealkylation sites (tertiary alicyclic amines) is 1. The number of nitrogens with zero attached hydrogens (tertiary/aromatic N) is 1. The Labute approximate surface area is 173 Å². The van der Waals surface area contributed by atoms with Gasteiger partial charge in [-0.1, -0.05) is 0 Å². The number of nitrogens with one attached hydrogen (secondary N) is 3. The molecule has 2 aliphatic heterocycles. The second kappa shape index (κ2) is 9.67. The maximum absolute atomic E-state index is 13.1. The van der Waals surface area contributed by atoms with E-state index in [0.29, 0.717) is 24.3 Å². The normalized spacial score (nSPS) is 28.6. The molecule has 160 valence electrons. The van der Waals surface area contributed by atoms with Crippen LogP contribution in [0.4, 0.5) is 10.1 Å². The molecule has 2 amide bonds. The zero-order valence-corrected chi connectivity index (χ0v) is 17.8. The van der Waals surface area contributed by atoms with E-state index >= 15 is 0 Å². The van der Waals surface area contributed by atoms with Crippen LogP contribution in [0.15, 0.2) is 24.3 Å². The molecule has 2 heterocycles. The Morgan fingerprint density at radius 1 is 1.10 bits per heavy atom. The fraction of sp³-hybridized carbons (Fsp3) is 0.636. The smallest absolute Gasteiger partial charge is 0.281 e. The van der Waals surface area contributed by atoms with Gasteiger partial charge >= 0.3 is 0 Å². The monoisotopic (exact) mass is 406 g/mol. The SMILES string of the molecule is C[C@H](C(=O)N1[C@@H](C)CCC[C@@H]1C)[NH+]1CC[NH+](CC(=O)Nc2ccc(F)cc2)CC1. The van der Waals surface area contributed by atoms with Gasteiger partial charge in [-0.2, -0.15) is 0 Å². The number of benzene rings is 1. The quantitative estimate of drug-likeness (QED) is 0.630. The number of quaternary nitrogens is 2. The third-order valence-electron chi connectivity index (χ3n) is 6.57. The summed E-state index contributed by atoms with van der Waals surface area (Å²) in [6, 6.07) is 6.44. The summed E-state index contributed by atoms with van der Waals surface area (Å²) in [6.07, 6.45) is 3.40. The van der Waals surface area contributed by atoms with Crippen LogP contribution >= 0.6 is 0 Å². The molecule has 3 N–H and O–H groups in total. The van der Waals surface area contributed by atoms with Crippen molar-refractivity contribution in [1.29, 1.82) is 0 Å². The van der Waals surface area contributed by atoms with Crippen LogP contribution in [0.25, 0.3) is 0 Å². The van der Waals surface area contributed by atoms with Crippen LogP contribution in [-0.4, -0.2) is 67.6 Å². The number of hydrogen-bond donors (Lipinski definition) is 3. The van der Waals surface area contributed by atoms with Crippen molar-refractivity contribution in [3.8, 4) is 0 Å². The van der Waals surface area contributed by atoms with Crippen LogP contribution in [0.3, 0.4) is 0 Å². The van der Waals surface area contributed by atoms with Crippen molar-refractivity contribution >= 4 is 17.5 Å². The number of piperidine rings is 1. The summed E-state index contributed by atoms with van der Waals surface area (Å²) in [5.74, 6) is -0.0999. The fourth-order valence-corrected chi connectivity index (χ4v) is 4.75. The van der Waals surface area contributed by atoms with Crippen molar-refractivity contribution in [2.24, 2.45) is 0 Å². The second-order valence-electron chi connectivity index (χ2n) is 8.74. The van der Waals surface area contributed by atoms with Gasteiger partial charge in [-0.3, -0.25) is 9.59 Å². The molecule has 6 nitrogen and oxygen atoms in total. The summed E-state index contributed by atoms with van der Waals surface area (Å²) in [7, 11) is 0. The van der Waals surface area contributed by atoms with Gasteiger partial charge in [0.2, 0.25) is 0 Å². The molecule has 3 atom stereocenters. The average molecular weight is 407 g/mol. The lowest BCUT2D eigenvalue weighted by Crippen LogP contribution is -3.30. The molecule has 0 saturated carbocycles. The number of carbonyl (C=O) groups excluding carboxylic acids is 2. The second-order valence-corrected chi connectivity index (χ2v) is 8.74. The van der Waals surface area contributed by atoms with E-state index in [4.69, 9.17) is 0 Å². The maximum Gasteiger partial charge on any atom is 0.281 e. The number of anilines is 1. The Bertz CT molecular complexity index is 693. The topological polar surface area (TPSA) is 58.3 Å². The molecule has 1 aromatic rings. The predicted octanol–water partition coefficient (Wildman–Crippen LogP) is -0.274. The lowest BCUT2D eigenvalue weighted by atomic mass is 9.96. The van der Waals surface area contributed by atoms with Crippen LogP contribution in [0, 0.1) is 5.82 Å². The molecule has 29 heavy (non-hydrogen) atoms. The van der Waals surface area contributed by atoms with E-state index < -0.39 is 0 Å². The first kappa shape index (κ1) is 21.7. The molecule has 7 heteroatoms. The molecule has 2 fully saturated rings. The largest absolute Gasteiger partial charge is 0.332 e. The van der Waals surface area contributed by atoms with Crippen molar-refractivity contribution in [1.82, 2.24) is 4.90 Å². The molecule has 0 radical (unpaired) electrons. The first-order valence-corrected chi connectivity index (χ1v) is 10.9. The summed E-state index contributed by atoms with van der Waals surface area (Å²) in [5, 5.41) is 2.83. The van der Waals surface area contributed by atoms with Crippen LogP contribution < -0.4 is 15.1 Å². The van der Waals surface area contributed by atoms with Crippen LogP contribution in [-0.2, 0) is 9.59 Å². The summed E-state index contributed by atoms with van der Waals surface area (Å²) in [5.41, 5.74) is 0.615. The van der Waals surface area contributed by atoms with Gasteiger partial charge in [0.25, 0.3) is 11.8 Å².